The van der Waals surface area contributed by atoms with E-state index < -0.39 is 4.92 Å². The molecule has 0 aliphatic rings. The first kappa shape index (κ1) is 12.2. The highest BCUT2D eigenvalue weighted by molar-refractivity contribution is 7.13. The minimum atomic E-state index is -0.529. The van der Waals surface area contributed by atoms with Crippen molar-refractivity contribution in [1.82, 2.24) is 14.8 Å². The summed E-state index contributed by atoms with van der Waals surface area (Å²) in [6.45, 7) is 0.283. The molecule has 2 heterocycles. The molecule has 9 heteroatoms. The van der Waals surface area contributed by atoms with E-state index in [9.17, 15) is 14.9 Å². The summed E-state index contributed by atoms with van der Waals surface area (Å²) in [5.74, 6) is -0.205. The first-order chi connectivity index (χ1) is 8.65. The second-order valence-corrected chi connectivity index (χ2v) is 4.25. The molecule has 0 atom stereocenters. The van der Waals surface area contributed by atoms with Gasteiger partial charge in [-0.25, -0.2) is 4.98 Å². The summed E-state index contributed by atoms with van der Waals surface area (Å²) in [5, 5.41) is 19.1. The Morgan fingerprint density at radius 1 is 1.61 bits per heavy atom. The molecule has 1 amide bonds. The number of carbonyl (C=O) groups excluding carboxylic acids is 1. The van der Waals surface area contributed by atoms with Gasteiger partial charge in [0.1, 0.15) is 12.4 Å². The van der Waals surface area contributed by atoms with Crippen LogP contribution in [0.25, 0.3) is 0 Å². The van der Waals surface area contributed by atoms with Crippen molar-refractivity contribution in [2.24, 2.45) is 0 Å². The van der Waals surface area contributed by atoms with E-state index in [0.29, 0.717) is 5.13 Å². The van der Waals surface area contributed by atoms with Crippen LogP contribution in [0.1, 0.15) is 6.42 Å². The van der Waals surface area contributed by atoms with Gasteiger partial charge in [0.05, 0.1) is 4.92 Å². The second-order valence-electron chi connectivity index (χ2n) is 3.35. The van der Waals surface area contributed by atoms with Crippen molar-refractivity contribution in [3.8, 4) is 0 Å². The van der Waals surface area contributed by atoms with Crippen LogP contribution in [0, 0.1) is 10.1 Å². The fourth-order valence-electron chi connectivity index (χ4n) is 1.25. The smallest absolute Gasteiger partial charge is 0.302 e. The van der Waals surface area contributed by atoms with Crippen molar-refractivity contribution in [2.45, 2.75) is 13.0 Å². The maximum atomic E-state index is 11.5. The number of hydrogen-bond acceptors (Lipinski definition) is 6. The van der Waals surface area contributed by atoms with E-state index in [1.165, 1.54) is 22.2 Å². The second kappa shape index (κ2) is 5.36. The molecule has 0 aliphatic heterocycles. The van der Waals surface area contributed by atoms with Crippen LogP contribution in [0.5, 0.6) is 0 Å². The third-order valence-electron chi connectivity index (χ3n) is 2.08. The summed E-state index contributed by atoms with van der Waals surface area (Å²) in [4.78, 5) is 25.3. The molecule has 8 nitrogen and oxygen atoms in total. The number of hydrogen-bond donors (Lipinski definition) is 1. The SMILES string of the molecule is O=C(CCn1cc([N+](=O)[O-])cn1)Nc1nccs1. The molecule has 0 spiro atoms. The molecule has 2 aromatic rings. The summed E-state index contributed by atoms with van der Waals surface area (Å²) in [6, 6.07) is 0. The van der Waals surface area contributed by atoms with Crippen molar-refractivity contribution in [2.75, 3.05) is 5.32 Å². The maximum Gasteiger partial charge on any atom is 0.306 e. The number of amides is 1. The largest absolute Gasteiger partial charge is 0.306 e. The molecule has 1 N–H and O–H groups in total. The molecule has 94 valence electrons. The van der Waals surface area contributed by atoms with Crippen LogP contribution in [0.3, 0.4) is 0 Å². The van der Waals surface area contributed by atoms with E-state index in [2.05, 4.69) is 15.4 Å². The monoisotopic (exact) mass is 267 g/mol. The van der Waals surface area contributed by atoms with Crippen LogP contribution in [0.2, 0.25) is 0 Å². The zero-order valence-corrected chi connectivity index (χ0v) is 9.96. The Balaban J connectivity index is 1.83. The lowest BCUT2D eigenvalue weighted by molar-refractivity contribution is -0.385. The molecule has 0 unspecified atom stereocenters. The first-order valence-electron chi connectivity index (χ1n) is 5.01. The van der Waals surface area contributed by atoms with Crippen LogP contribution < -0.4 is 5.32 Å². The summed E-state index contributed by atoms with van der Waals surface area (Å²) >= 11 is 1.33. The molecule has 0 aliphatic carbocycles. The third-order valence-corrected chi connectivity index (χ3v) is 2.77. The number of rotatable bonds is 5. The Kier molecular flexibility index (Phi) is 3.63. The van der Waals surface area contributed by atoms with Gasteiger partial charge in [-0.15, -0.1) is 11.3 Å². The molecular weight excluding hydrogens is 258 g/mol. The van der Waals surface area contributed by atoms with E-state index in [0.717, 1.165) is 6.20 Å². The Labute approximate surface area is 105 Å². The average molecular weight is 267 g/mol. The summed E-state index contributed by atoms with van der Waals surface area (Å²) in [6.07, 6.45) is 4.21. The number of carbonyl (C=O) groups is 1. The van der Waals surface area contributed by atoms with Crippen molar-refractivity contribution < 1.29 is 9.72 Å². The molecule has 0 bridgehead atoms. The summed E-state index contributed by atoms with van der Waals surface area (Å²) < 4.78 is 1.36. The van der Waals surface area contributed by atoms with Crippen molar-refractivity contribution >= 4 is 28.1 Å². The fourth-order valence-corrected chi connectivity index (χ4v) is 1.80. The third kappa shape index (κ3) is 3.10. The highest BCUT2D eigenvalue weighted by Gasteiger charge is 2.10. The lowest BCUT2D eigenvalue weighted by Gasteiger charge is -2.01. The van der Waals surface area contributed by atoms with Crippen LogP contribution >= 0.6 is 11.3 Å². The highest BCUT2D eigenvalue weighted by atomic mass is 32.1. The van der Waals surface area contributed by atoms with Gasteiger partial charge in [0, 0.05) is 24.5 Å². The number of anilines is 1. The predicted molar refractivity (Wildman–Crippen MR) is 64.2 cm³/mol. The number of nitrogens with one attached hydrogen (secondary N) is 1. The quantitative estimate of drug-likeness (QED) is 0.649. The van der Waals surface area contributed by atoms with E-state index >= 15 is 0 Å². The minimum Gasteiger partial charge on any atom is -0.302 e. The van der Waals surface area contributed by atoms with Gasteiger partial charge < -0.3 is 5.32 Å². The molecule has 2 aromatic heterocycles. The van der Waals surface area contributed by atoms with E-state index in [1.54, 1.807) is 11.6 Å². The lowest BCUT2D eigenvalue weighted by atomic mass is 10.4. The van der Waals surface area contributed by atoms with Gasteiger partial charge in [-0.2, -0.15) is 5.10 Å². The number of nitrogens with zero attached hydrogens (tertiary/aromatic N) is 4. The van der Waals surface area contributed by atoms with Gasteiger partial charge in [-0.1, -0.05) is 0 Å². The topological polar surface area (TPSA) is 103 Å². The van der Waals surface area contributed by atoms with Crippen LogP contribution in [-0.4, -0.2) is 25.6 Å². The Morgan fingerprint density at radius 3 is 3.06 bits per heavy atom. The molecule has 0 saturated carbocycles. The van der Waals surface area contributed by atoms with Gasteiger partial charge in [0.25, 0.3) is 0 Å². The number of aryl methyl sites for hydroxylation is 1. The normalized spacial score (nSPS) is 10.2. The summed E-state index contributed by atoms with van der Waals surface area (Å²) in [7, 11) is 0. The van der Waals surface area contributed by atoms with Crippen LogP contribution in [0.4, 0.5) is 10.8 Å². The molecular formula is C9H9N5O3S. The standard InChI is InChI=1S/C9H9N5O3S/c15-8(12-9-10-2-4-18-9)1-3-13-6-7(5-11-13)14(16)17/h2,4-6H,1,3H2,(H,10,12,15). The van der Waals surface area contributed by atoms with E-state index in [-0.39, 0.29) is 24.6 Å². The van der Waals surface area contributed by atoms with Crippen molar-refractivity contribution in [1.29, 1.82) is 0 Å². The summed E-state index contributed by atoms with van der Waals surface area (Å²) in [5.41, 5.74) is -0.0877. The fraction of sp³-hybridized carbons (Fsp3) is 0.222. The first-order valence-corrected chi connectivity index (χ1v) is 5.89. The van der Waals surface area contributed by atoms with Gasteiger partial charge in [0.2, 0.25) is 5.91 Å². The molecule has 0 aromatic carbocycles. The Hall–Kier alpha value is -2.29. The Bertz CT molecular complexity index is 550. The van der Waals surface area contributed by atoms with Gasteiger partial charge in [-0.05, 0) is 0 Å². The Morgan fingerprint density at radius 2 is 2.44 bits per heavy atom. The molecule has 0 saturated heterocycles. The molecule has 0 fully saturated rings. The molecule has 18 heavy (non-hydrogen) atoms. The van der Waals surface area contributed by atoms with E-state index in [4.69, 9.17) is 0 Å². The zero-order valence-electron chi connectivity index (χ0n) is 9.15. The van der Waals surface area contributed by atoms with E-state index in [1.807, 2.05) is 0 Å². The highest BCUT2D eigenvalue weighted by Crippen LogP contribution is 2.11. The number of thiazole rings is 1. The van der Waals surface area contributed by atoms with Crippen molar-refractivity contribution in [3.63, 3.8) is 0 Å². The van der Waals surface area contributed by atoms with Crippen molar-refractivity contribution in [3.05, 3.63) is 34.1 Å². The zero-order chi connectivity index (χ0) is 13.0. The van der Waals surface area contributed by atoms with Gasteiger partial charge >= 0.3 is 5.69 Å². The lowest BCUT2D eigenvalue weighted by Crippen LogP contribution is -2.14. The maximum absolute atomic E-state index is 11.5. The molecule has 0 radical (unpaired) electrons. The van der Waals surface area contributed by atoms with Crippen LogP contribution in [0.15, 0.2) is 24.0 Å². The average Bonchev–Trinajstić information content (AvgIpc) is 2.96. The number of nitro groups is 1. The minimum absolute atomic E-state index is 0.0877. The van der Waals surface area contributed by atoms with Crippen LogP contribution in [-0.2, 0) is 11.3 Å². The van der Waals surface area contributed by atoms with Gasteiger partial charge in [-0.3, -0.25) is 19.6 Å². The predicted octanol–water partition coefficient (Wildman–Crippen LogP) is 1.28. The van der Waals surface area contributed by atoms with Gasteiger partial charge in [0.15, 0.2) is 5.13 Å². The number of aromatic nitrogens is 3. The molecule has 2 rings (SSSR count).